The Morgan fingerprint density at radius 2 is 2.17 bits per heavy atom. The van der Waals surface area contributed by atoms with E-state index in [1.165, 1.54) is 0 Å². The van der Waals surface area contributed by atoms with Gasteiger partial charge in [0.05, 0.1) is 18.2 Å². The van der Waals surface area contributed by atoms with Gasteiger partial charge in [-0.25, -0.2) is 9.67 Å². The summed E-state index contributed by atoms with van der Waals surface area (Å²) in [4.78, 5) is 34.0. The molecule has 2 aromatic heterocycles. The van der Waals surface area contributed by atoms with Crippen molar-refractivity contribution in [2.24, 2.45) is 0 Å². The molecule has 0 saturated carbocycles. The minimum Gasteiger partial charge on any atom is -0.336 e. The highest BCUT2D eigenvalue weighted by atomic mass is 16.2. The molecule has 0 bridgehead atoms. The van der Waals surface area contributed by atoms with Gasteiger partial charge < -0.3 is 9.88 Å². The molecule has 1 N–H and O–H groups in total. The van der Waals surface area contributed by atoms with Gasteiger partial charge in [0.1, 0.15) is 5.82 Å². The SMILES string of the molecule is Cc1nc2c(c(=O)[nH]1)CCN(C(=O)[C@H]1CCCCn3nnnc31)C2. The van der Waals surface area contributed by atoms with E-state index in [0.29, 0.717) is 42.4 Å². The average Bonchev–Trinajstić information content (AvgIpc) is 2.93. The minimum absolute atomic E-state index is 0.0262. The maximum Gasteiger partial charge on any atom is 0.254 e. The van der Waals surface area contributed by atoms with Crippen molar-refractivity contribution in [1.82, 2.24) is 35.1 Å². The van der Waals surface area contributed by atoms with Crippen LogP contribution in [0.15, 0.2) is 4.79 Å². The maximum atomic E-state index is 13.0. The number of hydrogen-bond donors (Lipinski definition) is 1. The summed E-state index contributed by atoms with van der Waals surface area (Å²) < 4.78 is 1.74. The number of amides is 1. The van der Waals surface area contributed by atoms with Gasteiger partial charge in [-0.3, -0.25) is 9.59 Å². The number of nitrogens with zero attached hydrogens (tertiary/aromatic N) is 6. The highest BCUT2D eigenvalue weighted by Crippen LogP contribution is 2.27. The van der Waals surface area contributed by atoms with Crippen LogP contribution in [0.3, 0.4) is 0 Å². The number of aryl methyl sites for hydroxylation is 2. The molecule has 2 aromatic rings. The third kappa shape index (κ3) is 2.49. The number of hydrogen-bond acceptors (Lipinski definition) is 6. The van der Waals surface area contributed by atoms with Crippen LogP contribution >= 0.6 is 0 Å². The van der Waals surface area contributed by atoms with Gasteiger partial charge in [0, 0.05) is 18.7 Å². The number of tetrazole rings is 1. The Bertz CT molecular complexity index is 841. The number of carbonyl (C=O) groups excluding carboxylic acids is 1. The van der Waals surface area contributed by atoms with Crippen molar-refractivity contribution < 1.29 is 4.79 Å². The zero-order chi connectivity index (χ0) is 16.7. The second-order valence-corrected chi connectivity index (χ2v) is 6.39. The molecule has 0 saturated heterocycles. The fraction of sp³-hybridized carbons (Fsp3) is 0.600. The molecule has 24 heavy (non-hydrogen) atoms. The van der Waals surface area contributed by atoms with Gasteiger partial charge in [-0.1, -0.05) is 6.42 Å². The van der Waals surface area contributed by atoms with E-state index in [9.17, 15) is 9.59 Å². The molecule has 2 aliphatic heterocycles. The molecule has 9 heteroatoms. The fourth-order valence-electron chi connectivity index (χ4n) is 3.57. The summed E-state index contributed by atoms with van der Waals surface area (Å²) in [5.41, 5.74) is 1.29. The Labute approximate surface area is 138 Å². The second kappa shape index (κ2) is 5.81. The van der Waals surface area contributed by atoms with Gasteiger partial charge in [-0.05, 0) is 36.6 Å². The Hall–Kier alpha value is -2.58. The molecule has 0 radical (unpaired) electrons. The quantitative estimate of drug-likeness (QED) is 0.783. The van der Waals surface area contributed by atoms with Gasteiger partial charge in [0.15, 0.2) is 5.82 Å². The van der Waals surface area contributed by atoms with Gasteiger partial charge in [0.2, 0.25) is 5.91 Å². The van der Waals surface area contributed by atoms with Gasteiger partial charge in [-0.15, -0.1) is 5.10 Å². The van der Waals surface area contributed by atoms with E-state index in [2.05, 4.69) is 25.5 Å². The van der Waals surface area contributed by atoms with Gasteiger partial charge >= 0.3 is 0 Å². The zero-order valence-corrected chi connectivity index (χ0v) is 13.5. The first-order valence-corrected chi connectivity index (χ1v) is 8.27. The van der Waals surface area contributed by atoms with Crippen LogP contribution in [0, 0.1) is 6.92 Å². The summed E-state index contributed by atoms with van der Waals surface area (Å²) >= 11 is 0. The second-order valence-electron chi connectivity index (χ2n) is 6.39. The first-order valence-electron chi connectivity index (χ1n) is 8.27. The molecule has 0 spiro atoms. The predicted octanol–water partition coefficient (Wildman–Crippen LogP) is -0.0828. The first kappa shape index (κ1) is 15.0. The molecule has 0 aliphatic carbocycles. The monoisotopic (exact) mass is 329 g/mol. The summed E-state index contributed by atoms with van der Waals surface area (Å²) in [7, 11) is 0. The Morgan fingerprint density at radius 1 is 1.29 bits per heavy atom. The van der Waals surface area contributed by atoms with Crippen molar-refractivity contribution >= 4 is 5.91 Å². The van der Waals surface area contributed by atoms with E-state index >= 15 is 0 Å². The van der Waals surface area contributed by atoms with E-state index in [0.717, 1.165) is 25.8 Å². The minimum atomic E-state index is -0.313. The van der Waals surface area contributed by atoms with Crippen molar-refractivity contribution in [3.8, 4) is 0 Å². The van der Waals surface area contributed by atoms with Crippen molar-refractivity contribution in [3.63, 3.8) is 0 Å². The van der Waals surface area contributed by atoms with Crippen LogP contribution in [0.1, 0.15) is 48.1 Å². The number of aromatic amines is 1. The lowest BCUT2D eigenvalue weighted by Crippen LogP contribution is -2.42. The topological polar surface area (TPSA) is 110 Å². The van der Waals surface area contributed by atoms with Crippen molar-refractivity contribution in [1.29, 1.82) is 0 Å². The molecule has 4 heterocycles. The van der Waals surface area contributed by atoms with Crippen molar-refractivity contribution in [2.45, 2.75) is 51.6 Å². The Balaban J connectivity index is 1.61. The summed E-state index contributed by atoms with van der Waals surface area (Å²) in [6.45, 7) is 3.40. The zero-order valence-electron chi connectivity index (χ0n) is 13.5. The lowest BCUT2D eigenvalue weighted by molar-refractivity contribution is -0.134. The normalized spacial score (nSPS) is 20.2. The van der Waals surface area contributed by atoms with Crippen LogP contribution < -0.4 is 5.56 Å². The summed E-state index contributed by atoms with van der Waals surface area (Å²) in [5, 5.41) is 11.8. The Morgan fingerprint density at radius 3 is 3.04 bits per heavy atom. The van der Waals surface area contributed by atoms with Crippen LogP contribution in [0.4, 0.5) is 0 Å². The number of aromatic nitrogens is 6. The predicted molar refractivity (Wildman–Crippen MR) is 83.1 cm³/mol. The van der Waals surface area contributed by atoms with E-state index in [4.69, 9.17) is 0 Å². The lowest BCUT2D eigenvalue weighted by Gasteiger charge is -2.30. The number of H-pyrrole nitrogens is 1. The van der Waals surface area contributed by atoms with Crippen LogP contribution in [0.2, 0.25) is 0 Å². The lowest BCUT2D eigenvalue weighted by atomic mass is 9.98. The molecule has 2 aliphatic rings. The molecule has 0 unspecified atom stereocenters. The average molecular weight is 329 g/mol. The van der Waals surface area contributed by atoms with Gasteiger partial charge in [0.25, 0.3) is 5.56 Å². The van der Waals surface area contributed by atoms with Gasteiger partial charge in [-0.2, -0.15) is 0 Å². The van der Waals surface area contributed by atoms with E-state index in [1.54, 1.807) is 16.5 Å². The molecular weight excluding hydrogens is 310 g/mol. The highest BCUT2D eigenvalue weighted by Gasteiger charge is 2.34. The number of nitrogens with one attached hydrogen (secondary N) is 1. The van der Waals surface area contributed by atoms with E-state index < -0.39 is 0 Å². The molecule has 126 valence electrons. The number of fused-ring (bicyclic) bond motifs is 2. The highest BCUT2D eigenvalue weighted by molar-refractivity contribution is 5.83. The molecule has 9 nitrogen and oxygen atoms in total. The van der Waals surface area contributed by atoms with Crippen molar-refractivity contribution in [2.75, 3.05) is 6.54 Å². The number of rotatable bonds is 1. The van der Waals surface area contributed by atoms with Crippen LogP contribution in [0.5, 0.6) is 0 Å². The van der Waals surface area contributed by atoms with Crippen LogP contribution in [-0.4, -0.2) is 47.5 Å². The Kier molecular flexibility index (Phi) is 3.62. The largest absolute Gasteiger partial charge is 0.336 e. The molecule has 1 atom stereocenters. The van der Waals surface area contributed by atoms with E-state index in [1.807, 2.05) is 0 Å². The first-order chi connectivity index (χ1) is 11.6. The van der Waals surface area contributed by atoms with Crippen molar-refractivity contribution in [3.05, 3.63) is 33.3 Å². The maximum absolute atomic E-state index is 13.0. The van der Waals surface area contributed by atoms with E-state index in [-0.39, 0.29) is 17.4 Å². The smallest absolute Gasteiger partial charge is 0.254 e. The standard InChI is InChI=1S/C15H19N7O2/c1-9-16-12-8-21(7-5-10(12)14(23)17-9)15(24)11-4-2-3-6-22-13(11)18-19-20-22/h11H,2-8H2,1H3,(H,16,17,23)/t11-/m0/s1. The molecular formula is C15H19N7O2. The third-order valence-corrected chi connectivity index (χ3v) is 4.79. The fourth-order valence-corrected chi connectivity index (χ4v) is 3.57. The molecule has 0 fully saturated rings. The summed E-state index contributed by atoms with van der Waals surface area (Å²) in [6.07, 6.45) is 3.22. The van der Waals surface area contributed by atoms with Crippen LogP contribution in [0.25, 0.3) is 0 Å². The van der Waals surface area contributed by atoms with Crippen LogP contribution in [-0.2, 0) is 24.3 Å². The summed E-state index contributed by atoms with van der Waals surface area (Å²) in [6, 6.07) is 0. The third-order valence-electron chi connectivity index (χ3n) is 4.79. The molecule has 1 amide bonds. The molecule has 4 rings (SSSR count). The summed E-state index contributed by atoms with van der Waals surface area (Å²) in [5.74, 6) is 0.940. The number of carbonyl (C=O) groups is 1. The molecule has 0 aromatic carbocycles.